The molecular weight excluding hydrogens is 478 g/mol. The number of amides is 1. The van der Waals surface area contributed by atoms with Gasteiger partial charge >= 0.3 is 0 Å². The van der Waals surface area contributed by atoms with E-state index in [9.17, 15) is 4.79 Å². The minimum Gasteiger partial charge on any atom is -0.495 e. The lowest BCUT2D eigenvalue weighted by Crippen LogP contribution is -2.20. The first kappa shape index (κ1) is 25.4. The van der Waals surface area contributed by atoms with E-state index in [0.29, 0.717) is 39.8 Å². The van der Waals surface area contributed by atoms with Gasteiger partial charge in [-0.25, -0.2) is 19.9 Å². The summed E-state index contributed by atoms with van der Waals surface area (Å²) in [5.74, 6) is 1.63. The van der Waals surface area contributed by atoms with Crippen molar-refractivity contribution in [3.8, 4) is 5.75 Å². The number of benzene rings is 2. The summed E-state index contributed by atoms with van der Waals surface area (Å²) in [4.78, 5) is 33.6. The van der Waals surface area contributed by atoms with Gasteiger partial charge in [-0.05, 0) is 60.6 Å². The zero-order valence-electron chi connectivity index (χ0n) is 22.5. The van der Waals surface area contributed by atoms with E-state index in [2.05, 4.69) is 51.3 Å². The second-order valence-corrected chi connectivity index (χ2v) is 10.6. The molecule has 9 nitrogen and oxygen atoms in total. The van der Waals surface area contributed by atoms with Gasteiger partial charge in [-0.1, -0.05) is 32.9 Å². The van der Waals surface area contributed by atoms with Crippen LogP contribution in [0.25, 0.3) is 11.0 Å². The van der Waals surface area contributed by atoms with Gasteiger partial charge in [0.25, 0.3) is 5.91 Å². The molecule has 0 unspecified atom stereocenters. The summed E-state index contributed by atoms with van der Waals surface area (Å²) in [6.07, 6.45) is 5.50. The fraction of sp³-hybridized carbons (Fsp3) is 0.345. The van der Waals surface area contributed by atoms with Gasteiger partial charge in [0.1, 0.15) is 23.1 Å². The zero-order chi connectivity index (χ0) is 26.9. The zero-order valence-corrected chi connectivity index (χ0v) is 22.5. The molecule has 0 aliphatic carbocycles. The molecule has 0 atom stereocenters. The largest absolute Gasteiger partial charge is 0.495 e. The van der Waals surface area contributed by atoms with Gasteiger partial charge in [-0.15, -0.1) is 0 Å². The lowest BCUT2D eigenvalue weighted by Gasteiger charge is -2.21. The van der Waals surface area contributed by atoms with Crippen LogP contribution in [-0.4, -0.2) is 46.0 Å². The Bertz CT molecular complexity index is 1490. The lowest BCUT2D eigenvalue weighted by molar-refractivity contribution is 0.102. The summed E-state index contributed by atoms with van der Waals surface area (Å²) in [7, 11) is 1.60. The molecule has 0 saturated carbocycles. The number of rotatable bonds is 6. The Morgan fingerprint density at radius 2 is 1.79 bits per heavy atom. The third kappa shape index (κ3) is 5.22. The molecule has 1 amide bonds. The van der Waals surface area contributed by atoms with Crippen molar-refractivity contribution >= 4 is 40.1 Å². The normalized spacial score (nSPS) is 13.6. The van der Waals surface area contributed by atoms with Crippen LogP contribution in [0.5, 0.6) is 5.75 Å². The Hall–Kier alpha value is -4.27. The van der Waals surface area contributed by atoms with Crippen molar-refractivity contribution in [2.75, 3.05) is 35.7 Å². The molecule has 2 aromatic carbocycles. The summed E-state index contributed by atoms with van der Waals surface area (Å²) in [6, 6.07) is 11.4. The number of aryl methyl sites for hydroxylation is 1. The van der Waals surface area contributed by atoms with Crippen molar-refractivity contribution in [1.82, 2.24) is 19.9 Å². The lowest BCUT2D eigenvalue weighted by atomic mass is 9.87. The Balaban J connectivity index is 1.43. The molecule has 196 valence electrons. The van der Waals surface area contributed by atoms with E-state index in [1.165, 1.54) is 6.33 Å². The number of ether oxygens (including phenoxy) is 1. The number of methoxy groups -OCH3 is 1. The topological polar surface area (TPSA) is 105 Å². The highest BCUT2D eigenvalue weighted by Crippen LogP contribution is 2.32. The maximum atomic E-state index is 13.3. The second-order valence-electron chi connectivity index (χ2n) is 10.6. The number of carbonyl (C=O) groups is 1. The predicted octanol–water partition coefficient (Wildman–Crippen LogP) is 5.63. The number of hydrogen-bond donors (Lipinski definition) is 2. The highest BCUT2D eigenvalue weighted by Gasteiger charge is 2.19. The molecule has 2 N–H and O–H groups in total. The number of aromatic nitrogens is 4. The minimum atomic E-state index is -0.233. The monoisotopic (exact) mass is 511 g/mol. The van der Waals surface area contributed by atoms with E-state index in [1.807, 2.05) is 43.3 Å². The van der Waals surface area contributed by atoms with Crippen LogP contribution in [0.4, 0.5) is 23.1 Å². The Kier molecular flexibility index (Phi) is 6.84. The number of nitrogens with one attached hydrogen (secondary N) is 2. The molecular formula is C29H33N7O2. The van der Waals surface area contributed by atoms with Crippen LogP contribution < -0.4 is 20.3 Å². The van der Waals surface area contributed by atoms with Gasteiger partial charge in [-0.3, -0.25) is 4.79 Å². The SMILES string of the molecule is COc1ccc(C(C)(C)C)cc1NC(=O)c1ccc(C)c(Nc2ncnc3cnc(N4CCCC4)nc23)c1. The standard InChI is InChI=1S/C29H33N7O2/c1-18-8-9-19(27(37)34-22-15-20(29(2,3)4)10-11-24(22)38-5)14-21(18)33-26-25-23(31-17-32-26)16-30-28(35-25)36-12-6-7-13-36/h8-11,14-17H,6-7,12-13H2,1-5H3,(H,34,37)(H,31,32,33). The summed E-state index contributed by atoms with van der Waals surface area (Å²) >= 11 is 0. The van der Waals surface area contributed by atoms with E-state index >= 15 is 0 Å². The van der Waals surface area contributed by atoms with Gasteiger partial charge in [0.15, 0.2) is 5.82 Å². The van der Waals surface area contributed by atoms with Crippen LogP contribution in [-0.2, 0) is 5.41 Å². The molecule has 0 bridgehead atoms. The third-order valence-corrected chi connectivity index (χ3v) is 6.82. The first-order chi connectivity index (χ1) is 18.2. The van der Waals surface area contributed by atoms with Crippen LogP contribution in [0.2, 0.25) is 0 Å². The van der Waals surface area contributed by atoms with Gasteiger partial charge in [0.05, 0.1) is 19.0 Å². The van der Waals surface area contributed by atoms with Gasteiger partial charge in [0, 0.05) is 24.3 Å². The van der Waals surface area contributed by atoms with E-state index in [1.54, 1.807) is 13.3 Å². The molecule has 0 spiro atoms. The number of fused-ring (bicyclic) bond motifs is 1. The molecule has 4 aromatic rings. The van der Waals surface area contributed by atoms with Gasteiger partial charge in [0.2, 0.25) is 5.95 Å². The predicted molar refractivity (Wildman–Crippen MR) is 151 cm³/mol. The fourth-order valence-corrected chi connectivity index (χ4v) is 4.50. The molecule has 1 saturated heterocycles. The number of anilines is 4. The van der Waals surface area contributed by atoms with Crippen LogP contribution >= 0.6 is 0 Å². The van der Waals surface area contributed by atoms with Crippen molar-refractivity contribution in [1.29, 1.82) is 0 Å². The van der Waals surface area contributed by atoms with Gasteiger partial charge < -0.3 is 20.3 Å². The molecule has 1 aliphatic heterocycles. The molecule has 9 heteroatoms. The van der Waals surface area contributed by atoms with Crippen LogP contribution in [0, 0.1) is 6.92 Å². The molecule has 2 aromatic heterocycles. The van der Waals surface area contributed by atoms with E-state index in [4.69, 9.17) is 9.72 Å². The van der Waals surface area contributed by atoms with E-state index < -0.39 is 0 Å². The first-order valence-electron chi connectivity index (χ1n) is 12.8. The number of carbonyl (C=O) groups excluding carboxylic acids is 1. The smallest absolute Gasteiger partial charge is 0.255 e. The molecule has 3 heterocycles. The average Bonchev–Trinajstić information content (AvgIpc) is 3.44. The molecule has 1 aliphatic rings. The van der Waals surface area contributed by atoms with Crippen molar-refractivity contribution in [2.24, 2.45) is 0 Å². The number of hydrogen-bond acceptors (Lipinski definition) is 8. The fourth-order valence-electron chi connectivity index (χ4n) is 4.50. The summed E-state index contributed by atoms with van der Waals surface area (Å²) in [5, 5.41) is 6.40. The molecule has 38 heavy (non-hydrogen) atoms. The number of nitrogens with zero attached hydrogens (tertiary/aromatic N) is 5. The molecule has 5 rings (SSSR count). The van der Waals surface area contributed by atoms with Crippen LogP contribution in [0.1, 0.15) is 55.1 Å². The first-order valence-corrected chi connectivity index (χ1v) is 12.8. The van der Waals surface area contributed by atoms with Crippen molar-refractivity contribution < 1.29 is 9.53 Å². The maximum absolute atomic E-state index is 13.3. The molecule has 0 radical (unpaired) electrons. The Morgan fingerprint density at radius 3 is 2.53 bits per heavy atom. The van der Waals surface area contributed by atoms with Crippen LogP contribution in [0.3, 0.4) is 0 Å². The molecule has 1 fully saturated rings. The highest BCUT2D eigenvalue weighted by molar-refractivity contribution is 6.06. The van der Waals surface area contributed by atoms with Gasteiger partial charge in [-0.2, -0.15) is 0 Å². The Morgan fingerprint density at radius 1 is 1.00 bits per heavy atom. The maximum Gasteiger partial charge on any atom is 0.255 e. The second kappa shape index (κ2) is 10.2. The summed E-state index contributed by atoms with van der Waals surface area (Å²) in [5.41, 5.74) is 5.20. The highest BCUT2D eigenvalue weighted by atomic mass is 16.5. The average molecular weight is 512 g/mol. The van der Waals surface area contributed by atoms with Crippen molar-refractivity contribution in [2.45, 2.75) is 46.0 Å². The van der Waals surface area contributed by atoms with E-state index in [0.717, 1.165) is 42.7 Å². The van der Waals surface area contributed by atoms with Crippen molar-refractivity contribution in [3.63, 3.8) is 0 Å². The van der Waals surface area contributed by atoms with E-state index in [-0.39, 0.29) is 11.3 Å². The quantitative estimate of drug-likeness (QED) is 0.343. The van der Waals surface area contributed by atoms with Crippen molar-refractivity contribution in [3.05, 3.63) is 65.6 Å². The Labute approximate surface area is 222 Å². The van der Waals surface area contributed by atoms with Crippen LogP contribution in [0.15, 0.2) is 48.9 Å². The summed E-state index contributed by atoms with van der Waals surface area (Å²) in [6.45, 7) is 10.3. The summed E-state index contributed by atoms with van der Waals surface area (Å²) < 4.78 is 5.50. The third-order valence-electron chi connectivity index (χ3n) is 6.82. The minimum absolute atomic E-state index is 0.0643.